The van der Waals surface area contributed by atoms with Crippen molar-refractivity contribution in [3.05, 3.63) is 28.8 Å². The van der Waals surface area contributed by atoms with E-state index in [1.807, 2.05) is 26.0 Å². The standard InChI is InChI=1S/C10H15NO2/c1-7-5-10(13-3)8(2)4-9(7)6-11-12/h4-5,11-12H,6H2,1-3H3. The molecule has 0 spiro atoms. The van der Waals surface area contributed by atoms with E-state index in [0.29, 0.717) is 6.54 Å². The first-order valence-electron chi connectivity index (χ1n) is 4.20. The molecule has 72 valence electrons. The van der Waals surface area contributed by atoms with Crippen LogP contribution in [0, 0.1) is 13.8 Å². The predicted molar refractivity (Wildman–Crippen MR) is 51.1 cm³/mol. The molecule has 0 aromatic heterocycles. The first-order valence-corrected chi connectivity index (χ1v) is 4.20. The number of hydrogen-bond donors (Lipinski definition) is 2. The molecule has 0 radical (unpaired) electrons. The van der Waals surface area contributed by atoms with Gasteiger partial charge in [0.2, 0.25) is 0 Å². The van der Waals surface area contributed by atoms with E-state index in [4.69, 9.17) is 9.94 Å². The maximum Gasteiger partial charge on any atom is 0.122 e. The Kier molecular flexibility index (Phi) is 3.28. The summed E-state index contributed by atoms with van der Waals surface area (Å²) in [6.45, 7) is 4.45. The molecule has 3 nitrogen and oxygen atoms in total. The van der Waals surface area contributed by atoms with E-state index < -0.39 is 0 Å². The van der Waals surface area contributed by atoms with Crippen molar-refractivity contribution < 1.29 is 9.94 Å². The van der Waals surface area contributed by atoms with Gasteiger partial charge >= 0.3 is 0 Å². The molecule has 0 atom stereocenters. The Bertz CT molecular complexity index is 297. The molecule has 0 aliphatic heterocycles. The lowest BCUT2D eigenvalue weighted by atomic mass is 10.0. The van der Waals surface area contributed by atoms with Crippen LogP contribution in [-0.2, 0) is 6.54 Å². The van der Waals surface area contributed by atoms with Crippen LogP contribution in [0.15, 0.2) is 12.1 Å². The van der Waals surface area contributed by atoms with Crippen molar-refractivity contribution in [3.63, 3.8) is 0 Å². The summed E-state index contributed by atoms with van der Waals surface area (Å²) in [7, 11) is 1.66. The number of benzene rings is 1. The van der Waals surface area contributed by atoms with Crippen LogP contribution in [0.2, 0.25) is 0 Å². The Morgan fingerprint density at radius 3 is 2.54 bits per heavy atom. The summed E-state index contributed by atoms with van der Waals surface area (Å²) in [5.41, 5.74) is 5.43. The van der Waals surface area contributed by atoms with Crippen LogP contribution in [0.5, 0.6) is 5.75 Å². The molecule has 0 bridgehead atoms. The highest BCUT2D eigenvalue weighted by Gasteiger charge is 2.03. The SMILES string of the molecule is COc1cc(C)c(CNO)cc1C. The van der Waals surface area contributed by atoms with Crippen LogP contribution in [0.25, 0.3) is 0 Å². The zero-order chi connectivity index (χ0) is 9.84. The van der Waals surface area contributed by atoms with Crippen molar-refractivity contribution in [2.24, 2.45) is 0 Å². The van der Waals surface area contributed by atoms with Crippen molar-refractivity contribution in [2.75, 3.05) is 7.11 Å². The van der Waals surface area contributed by atoms with E-state index in [0.717, 1.165) is 22.4 Å². The molecule has 0 amide bonds. The third kappa shape index (κ3) is 2.20. The summed E-state index contributed by atoms with van der Waals surface area (Å²) in [6.07, 6.45) is 0. The van der Waals surface area contributed by atoms with Gasteiger partial charge in [-0.15, -0.1) is 0 Å². The molecule has 1 rings (SSSR count). The minimum absolute atomic E-state index is 0.469. The number of hydroxylamine groups is 1. The molecule has 0 unspecified atom stereocenters. The third-order valence-electron chi connectivity index (χ3n) is 2.12. The molecule has 0 fully saturated rings. The highest BCUT2D eigenvalue weighted by Crippen LogP contribution is 2.22. The molecule has 0 aliphatic carbocycles. The molecule has 0 heterocycles. The lowest BCUT2D eigenvalue weighted by Crippen LogP contribution is -2.08. The van der Waals surface area contributed by atoms with Crippen molar-refractivity contribution >= 4 is 0 Å². The second-order valence-electron chi connectivity index (χ2n) is 3.08. The summed E-state index contributed by atoms with van der Waals surface area (Å²) in [6, 6.07) is 3.99. The zero-order valence-corrected chi connectivity index (χ0v) is 8.22. The molecule has 0 saturated carbocycles. The fourth-order valence-electron chi connectivity index (χ4n) is 1.35. The van der Waals surface area contributed by atoms with Crippen LogP contribution in [-0.4, -0.2) is 12.3 Å². The molecule has 1 aromatic rings. The predicted octanol–water partition coefficient (Wildman–Crippen LogP) is 1.79. The van der Waals surface area contributed by atoms with E-state index >= 15 is 0 Å². The van der Waals surface area contributed by atoms with Crippen LogP contribution >= 0.6 is 0 Å². The average molecular weight is 181 g/mol. The Balaban J connectivity index is 3.05. The summed E-state index contributed by atoms with van der Waals surface area (Å²) < 4.78 is 5.18. The van der Waals surface area contributed by atoms with Gasteiger partial charge in [0.25, 0.3) is 0 Å². The van der Waals surface area contributed by atoms with Crippen LogP contribution in [0.4, 0.5) is 0 Å². The molecular weight excluding hydrogens is 166 g/mol. The number of nitrogens with one attached hydrogen (secondary N) is 1. The first kappa shape index (κ1) is 10.0. The van der Waals surface area contributed by atoms with Crippen molar-refractivity contribution in [1.82, 2.24) is 5.48 Å². The van der Waals surface area contributed by atoms with Gasteiger partial charge in [-0.1, -0.05) is 6.07 Å². The van der Waals surface area contributed by atoms with Gasteiger partial charge in [0.05, 0.1) is 7.11 Å². The smallest absolute Gasteiger partial charge is 0.122 e. The van der Waals surface area contributed by atoms with E-state index in [-0.39, 0.29) is 0 Å². The summed E-state index contributed by atoms with van der Waals surface area (Å²) in [5.74, 6) is 0.888. The maximum absolute atomic E-state index is 8.58. The van der Waals surface area contributed by atoms with Gasteiger partial charge in [-0.3, -0.25) is 0 Å². The molecule has 0 aliphatic rings. The number of ether oxygens (including phenoxy) is 1. The number of hydrogen-bond acceptors (Lipinski definition) is 3. The third-order valence-corrected chi connectivity index (χ3v) is 2.12. The summed E-state index contributed by atoms with van der Waals surface area (Å²) in [5, 5.41) is 8.58. The number of rotatable bonds is 3. The van der Waals surface area contributed by atoms with Crippen molar-refractivity contribution in [1.29, 1.82) is 0 Å². The minimum atomic E-state index is 0.469. The fourth-order valence-corrected chi connectivity index (χ4v) is 1.35. The van der Waals surface area contributed by atoms with Gasteiger partial charge in [-0.05, 0) is 36.6 Å². The lowest BCUT2D eigenvalue weighted by Gasteiger charge is -2.10. The fraction of sp³-hybridized carbons (Fsp3) is 0.400. The van der Waals surface area contributed by atoms with Crippen molar-refractivity contribution in [2.45, 2.75) is 20.4 Å². The molecule has 3 heteroatoms. The van der Waals surface area contributed by atoms with Gasteiger partial charge in [0.1, 0.15) is 5.75 Å². The van der Waals surface area contributed by atoms with E-state index in [2.05, 4.69) is 5.48 Å². The van der Waals surface area contributed by atoms with Crippen LogP contribution in [0.1, 0.15) is 16.7 Å². The largest absolute Gasteiger partial charge is 0.496 e. The second-order valence-corrected chi connectivity index (χ2v) is 3.08. The number of methoxy groups -OCH3 is 1. The topological polar surface area (TPSA) is 41.5 Å². The van der Waals surface area contributed by atoms with Gasteiger partial charge in [0, 0.05) is 6.54 Å². The highest BCUT2D eigenvalue weighted by molar-refractivity contribution is 5.41. The van der Waals surface area contributed by atoms with Crippen LogP contribution < -0.4 is 10.2 Å². The van der Waals surface area contributed by atoms with Gasteiger partial charge in [-0.25, -0.2) is 5.48 Å². The lowest BCUT2D eigenvalue weighted by molar-refractivity contribution is 0.161. The molecule has 1 aromatic carbocycles. The quantitative estimate of drug-likeness (QED) is 0.698. The highest BCUT2D eigenvalue weighted by atomic mass is 16.5. The minimum Gasteiger partial charge on any atom is -0.496 e. The van der Waals surface area contributed by atoms with Gasteiger partial charge < -0.3 is 9.94 Å². The molecule has 0 saturated heterocycles. The summed E-state index contributed by atoms with van der Waals surface area (Å²) >= 11 is 0. The summed E-state index contributed by atoms with van der Waals surface area (Å²) in [4.78, 5) is 0. The Labute approximate surface area is 78.3 Å². The first-order chi connectivity index (χ1) is 6.19. The van der Waals surface area contributed by atoms with E-state index in [1.165, 1.54) is 0 Å². The molecule has 13 heavy (non-hydrogen) atoms. The monoisotopic (exact) mass is 181 g/mol. The van der Waals surface area contributed by atoms with Gasteiger partial charge in [-0.2, -0.15) is 0 Å². The molecular formula is C10H15NO2. The van der Waals surface area contributed by atoms with Crippen LogP contribution in [0.3, 0.4) is 0 Å². The van der Waals surface area contributed by atoms with E-state index in [1.54, 1.807) is 7.11 Å². The second kappa shape index (κ2) is 4.25. The Morgan fingerprint density at radius 1 is 1.31 bits per heavy atom. The van der Waals surface area contributed by atoms with E-state index in [9.17, 15) is 0 Å². The maximum atomic E-state index is 8.58. The molecule has 2 N–H and O–H groups in total. The van der Waals surface area contributed by atoms with Crippen molar-refractivity contribution in [3.8, 4) is 5.75 Å². The number of aryl methyl sites for hydroxylation is 2. The Morgan fingerprint density at radius 2 is 2.00 bits per heavy atom. The Hall–Kier alpha value is -1.06. The average Bonchev–Trinajstić information content (AvgIpc) is 2.11. The van der Waals surface area contributed by atoms with Gasteiger partial charge in [0.15, 0.2) is 0 Å². The normalized spacial score (nSPS) is 10.2. The zero-order valence-electron chi connectivity index (χ0n) is 8.22.